The first kappa shape index (κ1) is 14.5. The molecule has 20 heavy (non-hydrogen) atoms. The predicted molar refractivity (Wildman–Crippen MR) is 73.7 cm³/mol. The maximum absolute atomic E-state index is 12.2. The minimum absolute atomic E-state index is 0.111. The number of carboxylic acids is 1. The van der Waals surface area contributed by atoms with Crippen molar-refractivity contribution in [1.29, 1.82) is 0 Å². The normalized spacial score (nSPS) is 25.4. The van der Waals surface area contributed by atoms with Crippen LogP contribution >= 0.6 is 0 Å². The molecule has 108 valence electrons. The highest BCUT2D eigenvalue weighted by Crippen LogP contribution is 2.29. The van der Waals surface area contributed by atoms with E-state index in [1.54, 1.807) is 19.1 Å². The van der Waals surface area contributed by atoms with Gasteiger partial charge in [-0.2, -0.15) is 0 Å². The second-order valence-corrected chi connectivity index (χ2v) is 5.56. The highest BCUT2D eigenvalue weighted by molar-refractivity contribution is 5.95. The first-order valence-electron chi connectivity index (χ1n) is 6.54. The topological polar surface area (TPSA) is 75.6 Å². The fourth-order valence-electron chi connectivity index (χ4n) is 2.21. The zero-order valence-corrected chi connectivity index (χ0v) is 11.9. The Morgan fingerprint density at radius 3 is 2.65 bits per heavy atom. The molecule has 1 heterocycles. The molecule has 0 bridgehead atoms. The van der Waals surface area contributed by atoms with Crippen LogP contribution in [0.25, 0.3) is 0 Å². The van der Waals surface area contributed by atoms with Crippen LogP contribution in [0.1, 0.15) is 28.4 Å². The minimum atomic E-state index is -1.07. The lowest BCUT2D eigenvalue weighted by atomic mass is 9.85. The third-order valence-corrected chi connectivity index (χ3v) is 4.02. The van der Waals surface area contributed by atoms with E-state index in [-0.39, 0.29) is 19.1 Å². The number of amides is 1. The molecule has 0 aliphatic carbocycles. The third kappa shape index (κ3) is 2.54. The zero-order chi connectivity index (χ0) is 14.9. The number of benzene rings is 1. The van der Waals surface area contributed by atoms with E-state index in [4.69, 9.17) is 4.74 Å². The predicted octanol–water partition coefficient (Wildman–Crippen LogP) is 1.52. The molecule has 1 saturated heterocycles. The number of aliphatic carboxylic acids is 1. The van der Waals surface area contributed by atoms with Gasteiger partial charge in [-0.15, -0.1) is 0 Å². The van der Waals surface area contributed by atoms with Crippen molar-refractivity contribution in [3.05, 3.63) is 34.9 Å². The van der Waals surface area contributed by atoms with Gasteiger partial charge in [0.05, 0.1) is 19.3 Å². The fraction of sp³-hybridized carbons (Fsp3) is 0.467. The number of rotatable bonds is 3. The summed E-state index contributed by atoms with van der Waals surface area (Å²) in [5, 5.41) is 12.0. The van der Waals surface area contributed by atoms with Gasteiger partial charge in [-0.25, -0.2) is 0 Å². The van der Waals surface area contributed by atoms with Crippen LogP contribution in [0.4, 0.5) is 0 Å². The van der Waals surface area contributed by atoms with Gasteiger partial charge in [0.1, 0.15) is 5.41 Å². The molecule has 0 radical (unpaired) electrons. The quantitative estimate of drug-likeness (QED) is 0.878. The molecule has 2 unspecified atom stereocenters. The molecule has 0 aromatic heterocycles. The van der Waals surface area contributed by atoms with Crippen molar-refractivity contribution < 1.29 is 19.4 Å². The Morgan fingerprint density at radius 1 is 1.35 bits per heavy atom. The first-order valence-corrected chi connectivity index (χ1v) is 6.54. The van der Waals surface area contributed by atoms with Crippen LogP contribution < -0.4 is 5.32 Å². The lowest BCUT2D eigenvalue weighted by Gasteiger charge is -2.25. The number of hydrogen-bond donors (Lipinski definition) is 2. The van der Waals surface area contributed by atoms with Gasteiger partial charge in [-0.1, -0.05) is 6.07 Å². The molecule has 2 N–H and O–H groups in total. The standard InChI is InChI=1S/C15H19NO4/c1-9-4-5-11(6-10(9)2)13(17)16-12-7-20-8-15(12,3)14(18)19/h4-6,12H,7-8H2,1-3H3,(H,16,17)(H,18,19). The first-order chi connectivity index (χ1) is 9.34. The van der Waals surface area contributed by atoms with Gasteiger partial charge >= 0.3 is 5.97 Å². The summed E-state index contributed by atoms with van der Waals surface area (Å²) in [5.41, 5.74) is 1.60. The van der Waals surface area contributed by atoms with Crippen LogP contribution in [-0.4, -0.2) is 36.2 Å². The molecule has 5 nitrogen and oxygen atoms in total. The highest BCUT2D eigenvalue weighted by Gasteiger charge is 2.47. The Hall–Kier alpha value is -1.88. The number of aryl methyl sites for hydroxylation is 2. The maximum Gasteiger partial charge on any atom is 0.313 e. The second-order valence-electron chi connectivity index (χ2n) is 5.56. The Kier molecular flexibility index (Phi) is 3.81. The molecule has 1 amide bonds. The van der Waals surface area contributed by atoms with Gasteiger partial charge in [-0.3, -0.25) is 9.59 Å². The number of carbonyl (C=O) groups is 2. The number of carboxylic acid groups (broad SMARTS) is 1. The van der Waals surface area contributed by atoms with Crippen molar-refractivity contribution >= 4 is 11.9 Å². The van der Waals surface area contributed by atoms with E-state index in [1.807, 2.05) is 19.9 Å². The van der Waals surface area contributed by atoms with E-state index in [0.29, 0.717) is 5.56 Å². The lowest BCUT2D eigenvalue weighted by Crippen LogP contribution is -2.49. The molecular formula is C15H19NO4. The van der Waals surface area contributed by atoms with Crippen molar-refractivity contribution in [1.82, 2.24) is 5.32 Å². The summed E-state index contributed by atoms with van der Waals surface area (Å²) in [5.74, 6) is -1.23. The average Bonchev–Trinajstić information content (AvgIpc) is 2.75. The number of carbonyl (C=O) groups excluding carboxylic acids is 1. The third-order valence-electron chi connectivity index (χ3n) is 4.02. The van der Waals surface area contributed by atoms with Gasteiger partial charge in [0, 0.05) is 5.56 Å². The molecule has 1 aromatic rings. The summed E-state index contributed by atoms with van der Waals surface area (Å²) in [6, 6.07) is 4.91. The smallest absolute Gasteiger partial charge is 0.313 e. The summed E-state index contributed by atoms with van der Waals surface area (Å²) >= 11 is 0. The van der Waals surface area contributed by atoms with Gasteiger partial charge in [-0.05, 0) is 44.0 Å². The van der Waals surface area contributed by atoms with E-state index in [1.165, 1.54) is 0 Å². The molecular weight excluding hydrogens is 258 g/mol. The fourth-order valence-corrected chi connectivity index (χ4v) is 2.21. The van der Waals surface area contributed by atoms with E-state index in [9.17, 15) is 14.7 Å². The number of hydrogen-bond acceptors (Lipinski definition) is 3. The van der Waals surface area contributed by atoms with E-state index >= 15 is 0 Å². The Morgan fingerprint density at radius 2 is 2.05 bits per heavy atom. The Balaban J connectivity index is 2.15. The minimum Gasteiger partial charge on any atom is -0.481 e. The summed E-state index contributed by atoms with van der Waals surface area (Å²) < 4.78 is 5.22. The van der Waals surface area contributed by atoms with Crippen molar-refractivity contribution in [2.24, 2.45) is 5.41 Å². The van der Waals surface area contributed by atoms with Crippen LogP contribution in [-0.2, 0) is 9.53 Å². The molecule has 2 rings (SSSR count). The van der Waals surface area contributed by atoms with Gasteiger partial charge < -0.3 is 15.2 Å². The van der Waals surface area contributed by atoms with E-state index in [0.717, 1.165) is 11.1 Å². The molecule has 0 spiro atoms. The van der Waals surface area contributed by atoms with Gasteiger partial charge in [0.25, 0.3) is 5.91 Å². The van der Waals surface area contributed by atoms with Crippen molar-refractivity contribution in [3.63, 3.8) is 0 Å². The van der Waals surface area contributed by atoms with Gasteiger partial charge in [0.2, 0.25) is 0 Å². The lowest BCUT2D eigenvalue weighted by molar-refractivity contribution is -0.148. The molecule has 0 saturated carbocycles. The largest absolute Gasteiger partial charge is 0.481 e. The van der Waals surface area contributed by atoms with Crippen LogP contribution in [0.3, 0.4) is 0 Å². The highest BCUT2D eigenvalue weighted by atomic mass is 16.5. The molecule has 2 atom stereocenters. The summed E-state index contributed by atoms with van der Waals surface area (Å²) in [4.78, 5) is 23.5. The number of nitrogens with one attached hydrogen (secondary N) is 1. The van der Waals surface area contributed by atoms with Crippen LogP contribution in [0, 0.1) is 19.3 Å². The van der Waals surface area contributed by atoms with Crippen LogP contribution in [0.15, 0.2) is 18.2 Å². The van der Waals surface area contributed by atoms with Gasteiger partial charge in [0.15, 0.2) is 0 Å². The number of ether oxygens (including phenoxy) is 1. The van der Waals surface area contributed by atoms with Crippen LogP contribution in [0.5, 0.6) is 0 Å². The zero-order valence-electron chi connectivity index (χ0n) is 11.9. The second kappa shape index (κ2) is 5.25. The molecule has 1 aromatic carbocycles. The SMILES string of the molecule is Cc1ccc(C(=O)NC2COCC2(C)C(=O)O)cc1C. The monoisotopic (exact) mass is 277 g/mol. The van der Waals surface area contributed by atoms with E-state index < -0.39 is 17.4 Å². The Bertz CT molecular complexity index is 555. The summed E-state index contributed by atoms with van der Waals surface area (Å²) in [7, 11) is 0. The molecule has 1 fully saturated rings. The Labute approximate surface area is 117 Å². The molecule has 1 aliphatic heterocycles. The maximum atomic E-state index is 12.2. The van der Waals surface area contributed by atoms with Crippen molar-refractivity contribution in [2.45, 2.75) is 26.8 Å². The molecule has 5 heteroatoms. The van der Waals surface area contributed by atoms with Crippen molar-refractivity contribution in [2.75, 3.05) is 13.2 Å². The summed E-state index contributed by atoms with van der Waals surface area (Å²) in [6.45, 7) is 5.84. The van der Waals surface area contributed by atoms with Crippen LogP contribution in [0.2, 0.25) is 0 Å². The molecule has 1 aliphatic rings. The summed E-state index contributed by atoms with van der Waals surface area (Å²) in [6.07, 6.45) is 0. The average molecular weight is 277 g/mol. The van der Waals surface area contributed by atoms with Crippen molar-refractivity contribution in [3.8, 4) is 0 Å². The van der Waals surface area contributed by atoms with E-state index in [2.05, 4.69) is 5.32 Å².